The quantitative estimate of drug-likeness (QED) is 0.788. The maximum atomic E-state index is 9.01. The smallest absolute Gasteiger partial charge is 0.161 e. The summed E-state index contributed by atoms with van der Waals surface area (Å²) in [5.41, 5.74) is 0. The SMILES string of the molecule is CCOc1ccccc1OCCN1CCCC1C#N. The van der Waals surface area contributed by atoms with Gasteiger partial charge in [-0.25, -0.2) is 0 Å². The Hall–Kier alpha value is -1.73. The zero-order valence-corrected chi connectivity index (χ0v) is 11.3. The Morgan fingerprint density at radius 3 is 2.74 bits per heavy atom. The van der Waals surface area contributed by atoms with E-state index in [2.05, 4.69) is 11.0 Å². The Morgan fingerprint density at radius 1 is 1.32 bits per heavy atom. The van der Waals surface area contributed by atoms with Crippen LogP contribution in [0, 0.1) is 11.3 Å². The summed E-state index contributed by atoms with van der Waals surface area (Å²) in [6, 6.07) is 10.1. The van der Waals surface area contributed by atoms with Crippen LogP contribution in [0.3, 0.4) is 0 Å². The fourth-order valence-corrected chi connectivity index (χ4v) is 2.36. The van der Waals surface area contributed by atoms with Gasteiger partial charge >= 0.3 is 0 Å². The summed E-state index contributed by atoms with van der Waals surface area (Å²) in [5.74, 6) is 1.56. The molecule has 0 saturated carbocycles. The molecule has 1 heterocycles. The molecule has 1 unspecified atom stereocenters. The summed E-state index contributed by atoms with van der Waals surface area (Å²) in [4.78, 5) is 2.18. The molecule has 0 N–H and O–H groups in total. The third-order valence-corrected chi connectivity index (χ3v) is 3.30. The van der Waals surface area contributed by atoms with E-state index < -0.39 is 0 Å². The number of rotatable bonds is 6. The van der Waals surface area contributed by atoms with Gasteiger partial charge in [0.15, 0.2) is 11.5 Å². The second kappa shape index (κ2) is 7.01. The van der Waals surface area contributed by atoms with Crippen LogP contribution >= 0.6 is 0 Å². The molecule has 2 rings (SSSR count). The maximum Gasteiger partial charge on any atom is 0.161 e. The van der Waals surface area contributed by atoms with E-state index in [0.29, 0.717) is 13.2 Å². The first-order valence-electron chi connectivity index (χ1n) is 6.83. The number of likely N-dealkylation sites (tertiary alicyclic amines) is 1. The van der Waals surface area contributed by atoms with Crippen LogP contribution < -0.4 is 9.47 Å². The molecular weight excluding hydrogens is 240 g/mol. The van der Waals surface area contributed by atoms with Gasteiger partial charge in [-0.1, -0.05) is 12.1 Å². The summed E-state index contributed by atoms with van der Waals surface area (Å²) in [7, 11) is 0. The lowest BCUT2D eigenvalue weighted by molar-refractivity contribution is 0.210. The Kier molecular flexibility index (Phi) is 5.05. The van der Waals surface area contributed by atoms with E-state index in [1.54, 1.807) is 0 Å². The van der Waals surface area contributed by atoms with E-state index in [-0.39, 0.29) is 6.04 Å². The molecule has 4 heteroatoms. The Morgan fingerprint density at radius 2 is 2.05 bits per heavy atom. The summed E-state index contributed by atoms with van der Waals surface area (Å²) >= 11 is 0. The van der Waals surface area contributed by atoms with Crippen molar-refractivity contribution in [2.24, 2.45) is 0 Å². The fourth-order valence-electron chi connectivity index (χ4n) is 2.36. The number of hydrogen-bond donors (Lipinski definition) is 0. The Bertz CT molecular complexity index is 442. The van der Waals surface area contributed by atoms with Gasteiger partial charge in [0.2, 0.25) is 0 Å². The molecule has 19 heavy (non-hydrogen) atoms. The van der Waals surface area contributed by atoms with E-state index >= 15 is 0 Å². The normalized spacial score (nSPS) is 19.1. The van der Waals surface area contributed by atoms with E-state index in [9.17, 15) is 0 Å². The van der Waals surface area contributed by atoms with Crippen molar-refractivity contribution in [1.29, 1.82) is 5.26 Å². The number of ether oxygens (including phenoxy) is 2. The average Bonchev–Trinajstić information content (AvgIpc) is 2.88. The lowest BCUT2D eigenvalue weighted by Gasteiger charge is -2.19. The summed E-state index contributed by atoms with van der Waals surface area (Å²) < 4.78 is 11.3. The standard InChI is InChI=1S/C15H20N2O2/c1-2-18-14-7-3-4-8-15(14)19-11-10-17-9-5-6-13(17)12-16/h3-4,7-8,13H,2,5-6,9-11H2,1H3. The van der Waals surface area contributed by atoms with Crippen LogP contribution in [0.4, 0.5) is 0 Å². The van der Waals surface area contributed by atoms with Gasteiger partial charge in [-0.05, 0) is 38.4 Å². The van der Waals surface area contributed by atoms with Crippen LogP contribution in [0.1, 0.15) is 19.8 Å². The summed E-state index contributed by atoms with van der Waals surface area (Å²) in [5, 5.41) is 9.01. The molecule has 0 spiro atoms. The number of benzene rings is 1. The van der Waals surface area contributed by atoms with E-state index in [0.717, 1.165) is 37.4 Å². The molecule has 1 fully saturated rings. The van der Waals surface area contributed by atoms with Gasteiger partial charge in [-0.15, -0.1) is 0 Å². The maximum absolute atomic E-state index is 9.01. The molecule has 1 saturated heterocycles. The van der Waals surface area contributed by atoms with Gasteiger partial charge in [0.1, 0.15) is 6.61 Å². The molecule has 1 aliphatic heterocycles. The monoisotopic (exact) mass is 260 g/mol. The molecule has 0 amide bonds. The number of nitrogens with zero attached hydrogens (tertiary/aromatic N) is 2. The molecule has 1 atom stereocenters. The van der Waals surface area contributed by atoms with Crippen molar-refractivity contribution in [2.75, 3.05) is 26.3 Å². The molecule has 102 valence electrons. The molecule has 0 bridgehead atoms. The molecule has 0 aliphatic carbocycles. The molecule has 0 radical (unpaired) electrons. The number of nitriles is 1. The minimum absolute atomic E-state index is 0.0609. The Balaban J connectivity index is 1.84. The van der Waals surface area contributed by atoms with E-state index in [1.165, 1.54) is 0 Å². The highest BCUT2D eigenvalue weighted by atomic mass is 16.5. The van der Waals surface area contributed by atoms with Crippen LogP contribution in [0.15, 0.2) is 24.3 Å². The van der Waals surface area contributed by atoms with Crippen molar-refractivity contribution in [3.63, 3.8) is 0 Å². The highest BCUT2D eigenvalue weighted by Gasteiger charge is 2.23. The largest absolute Gasteiger partial charge is 0.490 e. The number of para-hydroxylation sites is 2. The lowest BCUT2D eigenvalue weighted by atomic mass is 10.2. The van der Waals surface area contributed by atoms with Gasteiger partial charge in [-0.3, -0.25) is 4.90 Å². The van der Waals surface area contributed by atoms with E-state index in [1.807, 2.05) is 31.2 Å². The predicted octanol–water partition coefficient (Wildman–Crippen LogP) is 2.45. The minimum atomic E-state index is 0.0609. The van der Waals surface area contributed by atoms with Crippen molar-refractivity contribution >= 4 is 0 Å². The van der Waals surface area contributed by atoms with Crippen LogP contribution in [0.25, 0.3) is 0 Å². The predicted molar refractivity (Wildman–Crippen MR) is 73.3 cm³/mol. The molecule has 1 aromatic rings. The zero-order valence-electron chi connectivity index (χ0n) is 11.3. The first-order chi connectivity index (χ1) is 9.35. The van der Waals surface area contributed by atoms with Crippen molar-refractivity contribution < 1.29 is 9.47 Å². The van der Waals surface area contributed by atoms with Crippen molar-refractivity contribution in [1.82, 2.24) is 4.90 Å². The first kappa shape index (κ1) is 13.7. The second-order valence-corrected chi connectivity index (χ2v) is 4.55. The van der Waals surface area contributed by atoms with Gasteiger partial charge in [0, 0.05) is 6.54 Å². The third-order valence-electron chi connectivity index (χ3n) is 3.30. The van der Waals surface area contributed by atoms with Gasteiger partial charge in [0.05, 0.1) is 18.7 Å². The highest BCUT2D eigenvalue weighted by Crippen LogP contribution is 2.26. The Labute approximate surface area is 114 Å². The molecule has 0 aromatic heterocycles. The highest BCUT2D eigenvalue weighted by molar-refractivity contribution is 5.39. The van der Waals surface area contributed by atoms with Crippen LogP contribution in [0.2, 0.25) is 0 Å². The van der Waals surface area contributed by atoms with Gasteiger partial charge in [-0.2, -0.15) is 5.26 Å². The van der Waals surface area contributed by atoms with Gasteiger partial charge < -0.3 is 9.47 Å². The molecular formula is C15H20N2O2. The molecule has 1 aliphatic rings. The third kappa shape index (κ3) is 3.62. The molecule has 4 nitrogen and oxygen atoms in total. The average molecular weight is 260 g/mol. The lowest BCUT2D eigenvalue weighted by Crippen LogP contribution is -2.32. The summed E-state index contributed by atoms with van der Waals surface area (Å²) in [6.07, 6.45) is 2.08. The zero-order chi connectivity index (χ0) is 13.5. The van der Waals surface area contributed by atoms with Crippen LogP contribution in [0.5, 0.6) is 11.5 Å². The molecule has 1 aromatic carbocycles. The fraction of sp³-hybridized carbons (Fsp3) is 0.533. The second-order valence-electron chi connectivity index (χ2n) is 4.55. The van der Waals surface area contributed by atoms with Crippen molar-refractivity contribution in [3.05, 3.63) is 24.3 Å². The van der Waals surface area contributed by atoms with Crippen molar-refractivity contribution in [2.45, 2.75) is 25.8 Å². The van der Waals surface area contributed by atoms with Crippen molar-refractivity contribution in [3.8, 4) is 17.6 Å². The summed E-state index contributed by atoms with van der Waals surface area (Å²) in [6.45, 7) is 4.96. The number of hydrogen-bond acceptors (Lipinski definition) is 4. The van der Waals surface area contributed by atoms with E-state index in [4.69, 9.17) is 14.7 Å². The first-order valence-corrected chi connectivity index (χ1v) is 6.83. The van der Waals surface area contributed by atoms with Crippen LogP contribution in [-0.4, -0.2) is 37.2 Å². The van der Waals surface area contributed by atoms with Crippen LogP contribution in [-0.2, 0) is 0 Å². The minimum Gasteiger partial charge on any atom is -0.490 e. The topological polar surface area (TPSA) is 45.5 Å². The van der Waals surface area contributed by atoms with Gasteiger partial charge in [0.25, 0.3) is 0 Å².